The van der Waals surface area contributed by atoms with E-state index in [4.69, 9.17) is 0 Å². The monoisotopic (exact) mass is 316 g/mol. The van der Waals surface area contributed by atoms with Crippen LogP contribution in [0.3, 0.4) is 0 Å². The van der Waals surface area contributed by atoms with E-state index in [9.17, 15) is 22.4 Å². The Kier molecular flexibility index (Phi) is 4.74. The average molecular weight is 316 g/mol. The second kappa shape index (κ2) is 6.54. The third-order valence-corrected chi connectivity index (χ3v) is 2.78. The van der Waals surface area contributed by atoms with Crippen molar-refractivity contribution in [2.24, 2.45) is 0 Å². The first-order valence-electron chi connectivity index (χ1n) is 6.37. The Bertz CT molecular complexity index is 675. The molecule has 9 heteroatoms. The highest BCUT2D eigenvalue weighted by Crippen LogP contribution is 2.30. The fourth-order valence-corrected chi connectivity index (χ4v) is 1.82. The van der Waals surface area contributed by atoms with Gasteiger partial charge in [0.25, 0.3) is 0 Å². The van der Waals surface area contributed by atoms with Gasteiger partial charge in [-0.1, -0.05) is 0 Å². The smallest absolute Gasteiger partial charge is 0.369 e. The molecule has 2 rings (SSSR count). The number of nitrogens with one attached hydrogen (secondary N) is 2. The summed E-state index contributed by atoms with van der Waals surface area (Å²) < 4.78 is 51.6. The predicted molar refractivity (Wildman–Crippen MR) is 71.7 cm³/mol. The van der Waals surface area contributed by atoms with Crippen molar-refractivity contribution >= 4 is 23.1 Å². The number of hydrogen-bond donors (Lipinski definition) is 2. The summed E-state index contributed by atoms with van der Waals surface area (Å²) in [4.78, 5) is 16.9. The molecule has 0 spiro atoms. The van der Waals surface area contributed by atoms with E-state index in [-0.39, 0.29) is 23.3 Å². The van der Waals surface area contributed by atoms with Crippen molar-refractivity contribution in [1.29, 1.82) is 0 Å². The van der Waals surface area contributed by atoms with Crippen LogP contribution in [0.15, 0.2) is 18.2 Å². The van der Waals surface area contributed by atoms with Crippen LogP contribution in [0.25, 0.3) is 10.9 Å². The zero-order valence-corrected chi connectivity index (χ0v) is 11.2. The molecule has 0 aliphatic carbocycles. The summed E-state index contributed by atoms with van der Waals surface area (Å²) in [5.74, 6) is -1.98. The predicted octanol–water partition coefficient (Wildman–Crippen LogP) is 2.34. The van der Waals surface area contributed by atoms with Crippen molar-refractivity contribution < 1.29 is 22.4 Å². The molecule has 0 fully saturated rings. The molecule has 118 valence electrons. The molecule has 22 heavy (non-hydrogen) atoms. The molecule has 2 N–H and O–H groups in total. The number of alkyl halides is 3. The lowest BCUT2D eigenvalue weighted by atomic mass is 10.2. The van der Waals surface area contributed by atoms with Crippen molar-refractivity contribution in [3.05, 3.63) is 29.8 Å². The molecule has 0 saturated heterocycles. The quantitative estimate of drug-likeness (QED) is 0.488. The molecular weight excluding hydrogens is 304 g/mol. The Balaban J connectivity index is 2.31. The highest BCUT2D eigenvalue weighted by Gasteiger charge is 2.35. The Morgan fingerprint density at radius 1 is 1.18 bits per heavy atom. The normalized spacial score (nSPS) is 11.5. The van der Waals surface area contributed by atoms with Crippen LogP contribution in [0.1, 0.15) is 12.2 Å². The van der Waals surface area contributed by atoms with Crippen molar-refractivity contribution in [3.8, 4) is 0 Å². The number of amides is 1. The number of nitrogens with zero attached hydrogens (tertiary/aromatic N) is 2. The van der Waals surface area contributed by atoms with Gasteiger partial charge in [-0.05, 0) is 24.6 Å². The van der Waals surface area contributed by atoms with Gasteiger partial charge in [-0.3, -0.25) is 4.79 Å². The number of carbonyl (C=O) groups is 1. The molecule has 0 unspecified atom stereocenters. The maximum Gasteiger partial charge on any atom is 0.451 e. The van der Waals surface area contributed by atoms with Gasteiger partial charge in [0, 0.05) is 18.5 Å². The molecule has 0 saturated carbocycles. The fourth-order valence-electron chi connectivity index (χ4n) is 1.82. The minimum absolute atomic E-state index is 0.00255. The van der Waals surface area contributed by atoms with E-state index >= 15 is 0 Å². The molecule has 0 aliphatic rings. The van der Waals surface area contributed by atoms with Gasteiger partial charge in [-0.25, -0.2) is 14.4 Å². The summed E-state index contributed by atoms with van der Waals surface area (Å²) in [6.45, 7) is 0.626. The van der Waals surface area contributed by atoms with Crippen LogP contribution in [0.5, 0.6) is 0 Å². The number of anilines is 1. The van der Waals surface area contributed by atoms with Gasteiger partial charge in [0.2, 0.25) is 12.2 Å². The van der Waals surface area contributed by atoms with Crippen LogP contribution < -0.4 is 10.6 Å². The first-order chi connectivity index (χ1) is 10.4. The number of hydrogen-bond acceptors (Lipinski definition) is 4. The number of rotatable bonds is 6. The zero-order valence-electron chi connectivity index (χ0n) is 11.2. The summed E-state index contributed by atoms with van der Waals surface area (Å²) >= 11 is 0. The highest BCUT2D eigenvalue weighted by molar-refractivity contribution is 5.89. The Morgan fingerprint density at radius 3 is 2.64 bits per heavy atom. The first kappa shape index (κ1) is 15.9. The maximum absolute atomic E-state index is 13.3. The molecule has 0 bridgehead atoms. The molecule has 1 heterocycles. The molecular formula is C13H12F4N4O. The average Bonchev–Trinajstić information content (AvgIpc) is 2.46. The Morgan fingerprint density at radius 2 is 1.95 bits per heavy atom. The third kappa shape index (κ3) is 3.80. The fraction of sp³-hybridized carbons (Fsp3) is 0.308. The SMILES string of the molecule is O=CNCCCNc1nc(C(F)(F)F)nc2ccc(F)cc12. The van der Waals surface area contributed by atoms with Crippen molar-refractivity contribution in [1.82, 2.24) is 15.3 Å². The van der Waals surface area contributed by atoms with E-state index in [1.54, 1.807) is 0 Å². The van der Waals surface area contributed by atoms with Gasteiger partial charge in [0.05, 0.1) is 5.52 Å². The highest BCUT2D eigenvalue weighted by atomic mass is 19.4. The van der Waals surface area contributed by atoms with Gasteiger partial charge < -0.3 is 10.6 Å². The summed E-state index contributed by atoms with van der Waals surface area (Å²) in [6.07, 6.45) is -3.70. The maximum atomic E-state index is 13.3. The summed E-state index contributed by atoms with van der Waals surface area (Å²) in [5.41, 5.74) is -0.00255. The van der Waals surface area contributed by atoms with Crippen molar-refractivity contribution in [2.45, 2.75) is 12.6 Å². The molecule has 0 aliphatic heterocycles. The van der Waals surface area contributed by atoms with E-state index in [1.807, 2.05) is 0 Å². The Hall–Kier alpha value is -2.45. The number of benzene rings is 1. The minimum atomic E-state index is -4.70. The van der Waals surface area contributed by atoms with Crippen LogP contribution in [0, 0.1) is 5.82 Å². The van der Waals surface area contributed by atoms with Crippen molar-refractivity contribution in [3.63, 3.8) is 0 Å². The Labute approximate surface area is 122 Å². The van der Waals surface area contributed by atoms with E-state index < -0.39 is 17.8 Å². The standard InChI is InChI=1S/C13H12F4N4O/c14-8-2-3-10-9(6-8)11(19-5-1-4-18-7-22)21-12(20-10)13(15,16)17/h2-3,6-7H,1,4-5H2,(H,18,22)(H,19,20,21). The van der Waals surface area contributed by atoms with Crippen LogP contribution in [0.2, 0.25) is 0 Å². The third-order valence-electron chi connectivity index (χ3n) is 2.78. The molecule has 5 nitrogen and oxygen atoms in total. The number of aromatic nitrogens is 2. The second-order valence-corrected chi connectivity index (χ2v) is 4.41. The van der Waals surface area contributed by atoms with Gasteiger partial charge in [0.1, 0.15) is 11.6 Å². The van der Waals surface area contributed by atoms with E-state index in [1.165, 1.54) is 6.07 Å². The number of fused-ring (bicyclic) bond motifs is 1. The molecule has 0 radical (unpaired) electrons. The van der Waals surface area contributed by atoms with Gasteiger partial charge >= 0.3 is 6.18 Å². The summed E-state index contributed by atoms with van der Waals surface area (Å²) in [6, 6.07) is 3.27. The molecule has 0 atom stereocenters. The van der Waals surface area contributed by atoms with Gasteiger partial charge in [0.15, 0.2) is 0 Å². The van der Waals surface area contributed by atoms with Gasteiger partial charge in [-0.2, -0.15) is 13.2 Å². The molecule has 2 aromatic rings. The van der Waals surface area contributed by atoms with Crippen LogP contribution in [0.4, 0.5) is 23.4 Å². The minimum Gasteiger partial charge on any atom is -0.369 e. The molecule has 1 aromatic heterocycles. The van der Waals surface area contributed by atoms with Crippen LogP contribution in [-0.4, -0.2) is 29.5 Å². The van der Waals surface area contributed by atoms with E-state index in [0.717, 1.165) is 12.1 Å². The molecule has 1 aromatic carbocycles. The van der Waals surface area contributed by atoms with Crippen LogP contribution >= 0.6 is 0 Å². The van der Waals surface area contributed by atoms with E-state index in [2.05, 4.69) is 20.6 Å². The van der Waals surface area contributed by atoms with Gasteiger partial charge in [-0.15, -0.1) is 0 Å². The topological polar surface area (TPSA) is 66.9 Å². The van der Waals surface area contributed by atoms with Crippen molar-refractivity contribution in [2.75, 3.05) is 18.4 Å². The number of carbonyl (C=O) groups excluding carboxylic acids is 1. The first-order valence-corrected chi connectivity index (χ1v) is 6.37. The van der Waals surface area contributed by atoms with Crippen LogP contribution in [-0.2, 0) is 11.0 Å². The second-order valence-electron chi connectivity index (χ2n) is 4.41. The summed E-state index contributed by atoms with van der Waals surface area (Å²) in [7, 11) is 0. The lowest BCUT2D eigenvalue weighted by molar-refractivity contribution is -0.144. The lowest BCUT2D eigenvalue weighted by Gasteiger charge is -2.12. The summed E-state index contributed by atoms with van der Waals surface area (Å²) in [5, 5.41) is 5.30. The molecule has 1 amide bonds. The number of halogens is 4. The van der Waals surface area contributed by atoms with E-state index in [0.29, 0.717) is 19.4 Å². The largest absolute Gasteiger partial charge is 0.451 e. The lowest BCUT2D eigenvalue weighted by Crippen LogP contribution is -2.17. The zero-order chi connectivity index (χ0) is 16.2.